The Labute approximate surface area is 428 Å². The Bertz CT molecular complexity index is 4070. The highest BCUT2D eigenvalue weighted by Crippen LogP contribution is 2.20. The van der Waals surface area contributed by atoms with E-state index < -0.39 is 0 Å². The minimum absolute atomic E-state index is 1.04. The van der Waals surface area contributed by atoms with Crippen LogP contribution in [0.25, 0.3) is 24.3 Å². The largest absolute Gasteiger partial charge is 0.339 e. The molecule has 0 saturated heterocycles. The quantitative estimate of drug-likeness (QED) is 0.144. The predicted octanol–water partition coefficient (Wildman–Crippen LogP) is 13.1. The lowest BCUT2D eigenvalue weighted by atomic mass is 10.1. The highest BCUT2D eigenvalue weighted by molar-refractivity contribution is 7.09. The summed E-state index contributed by atoms with van der Waals surface area (Å²) in [4.78, 5) is 0. The summed E-state index contributed by atoms with van der Waals surface area (Å²) in [5, 5.41) is 10.7. The molecule has 4 nitrogen and oxygen atoms in total. The second kappa shape index (κ2) is 19.8. The fourth-order valence-corrected chi connectivity index (χ4v) is 16.9. The molecule has 24 bridgehead atoms. The fraction of sp³-hybridized carbons (Fsp3) is 0.267. The average Bonchev–Trinajstić information content (AvgIpc) is 4.21. The Morgan fingerprint density at radius 2 is 0.386 bits per heavy atom. The van der Waals surface area contributed by atoms with Gasteiger partial charge in [0.15, 0.2) is 0 Å². The van der Waals surface area contributed by atoms with E-state index in [1.54, 1.807) is 0 Å². The van der Waals surface area contributed by atoms with Crippen LogP contribution >= 0.6 is 68.0 Å². The van der Waals surface area contributed by atoms with Crippen LogP contribution in [0.4, 0.5) is 0 Å². The Kier molecular flexibility index (Phi) is 12.6. The van der Waals surface area contributed by atoms with Gasteiger partial charge in [-0.2, -0.15) is 0 Å². The van der Waals surface area contributed by atoms with Crippen LogP contribution in [-0.4, -0.2) is 18.3 Å². The van der Waals surface area contributed by atoms with E-state index in [1.807, 2.05) is 68.0 Å². The van der Waals surface area contributed by atoms with Crippen LogP contribution in [0, 0.1) is 79.1 Å². The maximum absolute atomic E-state index is 2.62. The van der Waals surface area contributed by atoms with E-state index in [-0.39, 0.29) is 0 Å². The fourth-order valence-electron chi connectivity index (χ4n) is 10.9. The molecule has 0 atom stereocenters. The van der Waals surface area contributed by atoms with E-state index in [4.69, 9.17) is 0 Å². The number of hydrogen-bond donors (Lipinski definition) is 0. The molecular formula is C60H56N4S6. The molecule has 0 radical (unpaired) electrons. The molecule has 10 heteroatoms. The van der Waals surface area contributed by atoms with Gasteiger partial charge in [-0.05, 0) is 171 Å². The third kappa shape index (κ3) is 8.83. The van der Waals surface area contributed by atoms with Crippen molar-refractivity contribution in [1.29, 1.82) is 0 Å². The Morgan fingerprint density at radius 1 is 0.200 bits per heavy atom. The zero-order chi connectivity index (χ0) is 46.4. The molecule has 0 unspecified atom stereocenters. The summed E-state index contributed by atoms with van der Waals surface area (Å²) in [7, 11) is 0. The molecule has 352 valence electrons. The van der Waals surface area contributed by atoms with Crippen LogP contribution < -0.4 is 18.1 Å². The van der Waals surface area contributed by atoms with Gasteiger partial charge in [0.2, 0.25) is 0 Å². The Morgan fingerprint density at radius 3 is 0.614 bits per heavy atom. The van der Waals surface area contributed by atoms with E-state index in [0.29, 0.717) is 0 Å². The lowest BCUT2D eigenvalue weighted by Crippen LogP contribution is -2.01. The van der Waals surface area contributed by atoms with Crippen LogP contribution in [0.5, 0.6) is 0 Å². The summed E-state index contributed by atoms with van der Waals surface area (Å²) >= 11 is 11.5. The van der Waals surface area contributed by atoms with Crippen LogP contribution in [0.2, 0.25) is 0 Å². The molecule has 13 heterocycles. The predicted molar refractivity (Wildman–Crippen MR) is 297 cm³/mol. The van der Waals surface area contributed by atoms with Crippen molar-refractivity contribution in [2.24, 2.45) is 0 Å². The van der Waals surface area contributed by atoms with Crippen molar-refractivity contribution in [3.63, 3.8) is 0 Å². The van der Waals surface area contributed by atoms with Crippen molar-refractivity contribution in [3.05, 3.63) is 219 Å². The molecule has 0 aromatic carbocycles. The highest BCUT2D eigenvalue weighted by Gasteiger charge is 2.09. The third-order valence-corrected chi connectivity index (χ3v) is 21.1. The van der Waals surface area contributed by atoms with E-state index in [2.05, 4.69) is 164 Å². The summed E-state index contributed by atoms with van der Waals surface area (Å²) < 4.78 is 26.4. The number of rotatable bonds is 0. The molecule has 3 aliphatic rings. The first kappa shape index (κ1) is 44.7. The van der Waals surface area contributed by atoms with Gasteiger partial charge < -0.3 is 18.3 Å². The third-order valence-electron chi connectivity index (χ3n) is 14.5. The minimum atomic E-state index is 1.04. The van der Waals surface area contributed by atoms with E-state index in [1.165, 1.54) is 174 Å². The average molecular weight is 1030 g/mol. The number of aromatic nitrogens is 4. The van der Waals surface area contributed by atoms with Crippen LogP contribution in [-0.2, 0) is 26.2 Å². The standard InChI is InChI=1S/C60H56N4S6/c1-2-6-10-38-62-46-22-26-50(62)58-34-33-57(69-58)49-25-21-45(61(49)37-9-5-1)53-29-17-41(65-53)13-14-43-19-31-55(67-43)47-23-27-51-59-35-36-60(70-59)52-28-24-48(64(52)40-12-8-4-3-7-11-39-63(47)51)56-32-20-44(68-56)16-15-42-18-30-54(46)66-42/h13-36H,1-12,37-40H2/b14-13?,16-15?,41-13?,42-15?,43-14?,44-16?,53-45-,54-46-,55-47-,56-48+,57-49-,58-50-,59-51-,60-52-. The van der Waals surface area contributed by atoms with Crippen molar-refractivity contribution in [1.82, 2.24) is 18.3 Å². The zero-order valence-electron chi connectivity index (χ0n) is 39.4. The van der Waals surface area contributed by atoms with Gasteiger partial charge in [-0.15, -0.1) is 68.0 Å². The zero-order valence-corrected chi connectivity index (χ0v) is 44.3. The molecule has 70 heavy (non-hydrogen) atoms. The summed E-state index contributed by atoms with van der Waals surface area (Å²) in [5.74, 6) is 0. The van der Waals surface area contributed by atoms with Crippen LogP contribution in [0.15, 0.2) is 121 Å². The first-order valence-corrected chi connectivity index (χ1v) is 30.3. The van der Waals surface area contributed by atoms with Gasteiger partial charge >= 0.3 is 0 Å². The second-order valence-electron chi connectivity index (χ2n) is 19.1. The van der Waals surface area contributed by atoms with Crippen molar-refractivity contribution in [2.75, 3.05) is 0 Å². The smallest absolute Gasteiger partial charge is 0.0587 e. The lowest BCUT2D eigenvalue weighted by molar-refractivity contribution is 0.523. The second-order valence-corrected chi connectivity index (χ2v) is 25.7. The Hall–Kier alpha value is -5.20. The SMILES string of the molecule is C1=c2cc/c(s2)=c2\cc/c3n2CCCCCCCCn2/c(cc/c2=c2\cc/c=3s2)=c2/ccc(s2)=CC=c2cc/c(s2)=c2/cc/c3n2CCCCCCCCn2/c(cc/c2=c2\cc/c=3s2)=c2/ccc(s2)=C1. The van der Waals surface area contributed by atoms with Crippen molar-refractivity contribution in [2.45, 2.75) is 103 Å². The van der Waals surface area contributed by atoms with E-state index >= 15 is 0 Å². The summed E-state index contributed by atoms with van der Waals surface area (Å²) in [5.41, 5.74) is 0. The monoisotopic (exact) mass is 1020 g/mol. The van der Waals surface area contributed by atoms with Crippen LogP contribution in [0.1, 0.15) is 77.0 Å². The van der Waals surface area contributed by atoms with E-state index in [9.17, 15) is 0 Å². The summed E-state index contributed by atoms with van der Waals surface area (Å²) in [6, 6.07) is 47.2. The van der Waals surface area contributed by atoms with Gasteiger partial charge in [0.25, 0.3) is 0 Å². The van der Waals surface area contributed by atoms with Gasteiger partial charge in [0.05, 0.1) is 79.1 Å². The maximum atomic E-state index is 2.62. The number of hydrogen-bond acceptors (Lipinski definition) is 6. The van der Waals surface area contributed by atoms with Gasteiger partial charge in [0, 0.05) is 44.3 Å². The van der Waals surface area contributed by atoms with Gasteiger partial charge in [0.1, 0.15) is 0 Å². The molecule has 10 aromatic heterocycles. The molecule has 0 aliphatic carbocycles. The molecule has 0 amide bonds. The number of thiophene rings is 6. The first-order valence-electron chi connectivity index (χ1n) is 25.4. The molecular weight excluding hydrogens is 969 g/mol. The molecule has 0 saturated carbocycles. The highest BCUT2D eigenvalue weighted by atomic mass is 32.1. The van der Waals surface area contributed by atoms with E-state index in [0.717, 1.165) is 26.2 Å². The van der Waals surface area contributed by atoms with Gasteiger partial charge in [-0.3, -0.25) is 0 Å². The molecule has 13 rings (SSSR count). The first-order chi connectivity index (χ1) is 34.7. The number of nitrogens with zero attached hydrogens (tertiary/aromatic N) is 4. The summed E-state index contributed by atoms with van der Waals surface area (Å²) in [6.45, 7) is 4.17. The van der Waals surface area contributed by atoms with Crippen molar-refractivity contribution >= 4 is 92.3 Å². The summed E-state index contributed by atoms with van der Waals surface area (Å²) in [6.07, 6.45) is 24.4. The molecule has 0 N–H and O–H groups in total. The lowest BCUT2D eigenvalue weighted by Gasteiger charge is -2.07. The number of fused-ring (bicyclic) bond motifs is 8. The Balaban J connectivity index is 1.09. The van der Waals surface area contributed by atoms with Gasteiger partial charge in [-0.1, -0.05) is 51.4 Å². The maximum Gasteiger partial charge on any atom is 0.0587 e. The molecule has 3 aliphatic heterocycles. The normalized spacial score (nSPS) is 19.7. The molecule has 10 aromatic rings. The topological polar surface area (TPSA) is 19.7 Å². The minimum Gasteiger partial charge on any atom is -0.339 e. The van der Waals surface area contributed by atoms with Crippen molar-refractivity contribution < 1.29 is 0 Å². The molecule has 0 spiro atoms. The molecule has 0 fully saturated rings. The van der Waals surface area contributed by atoms with Crippen molar-refractivity contribution in [3.8, 4) is 0 Å². The van der Waals surface area contributed by atoms with Gasteiger partial charge in [-0.25, -0.2) is 0 Å². The van der Waals surface area contributed by atoms with Crippen LogP contribution in [0.3, 0.4) is 0 Å².